The van der Waals surface area contributed by atoms with Crippen LogP contribution in [0.25, 0.3) is 10.8 Å². The summed E-state index contributed by atoms with van der Waals surface area (Å²) in [4.78, 5) is 48.6. The number of hydrogen-bond acceptors (Lipinski definition) is 6. The van der Waals surface area contributed by atoms with Crippen LogP contribution in [0.5, 0.6) is 0 Å². The number of rotatable bonds is 6. The summed E-state index contributed by atoms with van der Waals surface area (Å²) in [7, 11) is 0. The molecule has 3 rings (SSSR count). The SMILES string of the molecule is Cc1cc(C)c(NC(=O)COC(=O)Cn2nc(C(N)=O)c3ccccc3c2=O)c(Cl)c1. The Hall–Kier alpha value is -3.72. The van der Waals surface area contributed by atoms with E-state index in [1.807, 2.05) is 13.0 Å². The van der Waals surface area contributed by atoms with Crippen molar-refractivity contribution in [2.45, 2.75) is 20.4 Å². The van der Waals surface area contributed by atoms with E-state index in [4.69, 9.17) is 22.1 Å². The smallest absolute Gasteiger partial charge is 0.328 e. The van der Waals surface area contributed by atoms with Gasteiger partial charge >= 0.3 is 5.97 Å². The molecule has 1 aromatic heterocycles. The molecule has 0 spiro atoms. The van der Waals surface area contributed by atoms with Crippen molar-refractivity contribution >= 4 is 45.8 Å². The molecule has 0 radical (unpaired) electrons. The van der Waals surface area contributed by atoms with Crippen molar-refractivity contribution in [1.29, 1.82) is 0 Å². The maximum atomic E-state index is 12.6. The molecule has 1 heterocycles. The van der Waals surface area contributed by atoms with Crippen LogP contribution in [-0.4, -0.2) is 34.2 Å². The summed E-state index contributed by atoms with van der Waals surface area (Å²) in [5.41, 5.74) is 6.72. The first-order valence-corrected chi connectivity index (χ1v) is 9.57. The van der Waals surface area contributed by atoms with E-state index in [-0.39, 0.29) is 16.5 Å². The van der Waals surface area contributed by atoms with Gasteiger partial charge in [0.1, 0.15) is 6.54 Å². The van der Waals surface area contributed by atoms with Crippen molar-refractivity contribution in [3.63, 3.8) is 0 Å². The lowest BCUT2D eigenvalue weighted by Gasteiger charge is -2.12. The lowest BCUT2D eigenvalue weighted by Crippen LogP contribution is -2.32. The van der Waals surface area contributed by atoms with Crippen LogP contribution >= 0.6 is 11.6 Å². The summed E-state index contributed by atoms with van der Waals surface area (Å²) in [6.07, 6.45) is 0. The summed E-state index contributed by atoms with van der Waals surface area (Å²) in [6, 6.07) is 9.82. The fourth-order valence-electron chi connectivity index (χ4n) is 3.09. The van der Waals surface area contributed by atoms with Gasteiger partial charge in [0.05, 0.1) is 16.1 Å². The monoisotopic (exact) mass is 442 g/mol. The van der Waals surface area contributed by atoms with Crippen molar-refractivity contribution in [2.24, 2.45) is 5.73 Å². The molecule has 2 aromatic carbocycles. The Bertz CT molecular complexity index is 1250. The molecule has 0 saturated heterocycles. The van der Waals surface area contributed by atoms with Crippen molar-refractivity contribution in [3.8, 4) is 0 Å². The second-order valence-corrected chi connectivity index (χ2v) is 7.28. The van der Waals surface area contributed by atoms with Crippen LogP contribution in [0.2, 0.25) is 5.02 Å². The van der Waals surface area contributed by atoms with Gasteiger partial charge in [-0.2, -0.15) is 5.10 Å². The molecule has 2 amide bonds. The number of anilines is 1. The number of amides is 2. The largest absolute Gasteiger partial charge is 0.454 e. The topological polar surface area (TPSA) is 133 Å². The van der Waals surface area contributed by atoms with Crippen molar-refractivity contribution < 1.29 is 19.1 Å². The van der Waals surface area contributed by atoms with Gasteiger partial charge in [-0.1, -0.05) is 35.9 Å². The fraction of sp³-hybridized carbons (Fsp3) is 0.190. The lowest BCUT2D eigenvalue weighted by molar-refractivity contribution is -0.148. The van der Waals surface area contributed by atoms with E-state index in [9.17, 15) is 19.2 Å². The minimum Gasteiger partial charge on any atom is -0.454 e. The molecule has 0 bridgehead atoms. The summed E-state index contributed by atoms with van der Waals surface area (Å²) < 4.78 is 5.72. The number of nitrogens with zero attached hydrogens (tertiary/aromatic N) is 2. The van der Waals surface area contributed by atoms with Crippen LogP contribution in [0, 0.1) is 13.8 Å². The summed E-state index contributed by atoms with van der Waals surface area (Å²) >= 11 is 6.15. The van der Waals surface area contributed by atoms with E-state index in [0.717, 1.165) is 15.8 Å². The standard InChI is InChI=1S/C21H19ClN4O5/c1-11-7-12(2)18(15(22)8-11)24-16(27)10-31-17(28)9-26-21(30)14-6-4-3-5-13(14)19(25-26)20(23)29/h3-8H,9-10H2,1-2H3,(H2,23,29)(H,24,27). The highest BCUT2D eigenvalue weighted by atomic mass is 35.5. The maximum absolute atomic E-state index is 12.6. The van der Waals surface area contributed by atoms with Crippen LogP contribution < -0.4 is 16.6 Å². The van der Waals surface area contributed by atoms with E-state index < -0.39 is 36.5 Å². The van der Waals surface area contributed by atoms with Gasteiger partial charge in [0.2, 0.25) is 0 Å². The van der Waals surface area contributed by atoms with Gasteiger partial charge in [-0.3, -0.25) is 19.2 Å². The zero-order valence-electron chi connectivity index (χ0n) is 16.8. The molecule has 160 valence electrons. The molecule has 0 unspecified atom stereocenters. The van der Waals surface area contributed by atoms with Gasteiger partial charge in [-0.05, 0) is 37.1 Å². The average molecular weight is 443 g/mol. The predicted octanol–water partition coefficient (Wildman–Crippen LogP) is 1.95. The van der Waals surface area contributed by atoms with Gasteiger partial charge in [0.25, 0.3) is 17.4 Å². The van der Waals surface area contributed by atoms with E-state index in [1.54, 1.807) is 25.1 Å². The van der Waals surface area contributed by atoms with Crippen LogP contribution in [0.4, 0.5) is 5.69 Å². The van der Waals surface area contributed by atoms with E-state index in [2.05, 4.69) is 10.4 Å². The average Bonchev–Trinajstić information content (AvgIpc) is 2.71. The Balaban J connectivity index is 1.71. The number of benzene rings is 2. The number of primary amides is 1. The third-order valence-corrected chi connectivity index (χ3v) is 4.74. The third-order valence-electron chi connectivity index (χ3n) is 4.44. The van der Waals surface area contributed by atoms with Crippen LogP contribution in [0.3, 0.4) is 0 Å². The van der Waals surface area contributed by atoms with Crippen LogP contribution in [0.15, 0.2) is 41.2 Å². The first-order chi connectivity index (χ1) is 14.7. The molecule has 0 atom stereocenters. The zero-order chi connectivity index (χ0) is 22.7. The number of aromatic nitrogens is 2. The lowest BCUT2D eigenvalue weighted by atomic mass is 10.1. The molecular weight excluding hydrogens is 424 g/mol. The molecule has 0 fully saturated rings. The Morgan fingerprint density at radius 1 is 1.16 bits per heavy atom. The number of carbonyl (C=O) groups excluding carboxylic acids is 3. The van der Waals surface area contributed by atoms with Crippen LogP contribution in [-0.2, 0) is 20.9 Å². The highest BCUT2D eigenvalue weighted by Crippen LogP contribution is 2.27. The van der Waals surface area contributed by atoms with Gasteiger partial charge in [0.15, 0.2) is 12.3 Å². The highest BCUT2D eigenvalue weighted by Gasteiger charge is 2.17. The fourth-order valence-corrected chi connectivity index (χ4v) is 3.46. The number of esters is 1. The first-order valence-electron chi connectivity index (χ1n) is 9.19. The molecule has 3 N–H and O–H groups in total. The minimum atomic E-state index is -0.887. The molecular formula is C21H19ClN4O5. The Kier molecular flexibility index (Phi) is 6.36. The summed E-state index contributed by atoms with van der Waals surface area (Å²) in [5.74, 6) is -2.33. The Morgan fingerprint density at radius 2 is 1.84 bits per heavy atom. The number of fused-ring (bicyclic) bond motifs is 1. The second kappa shape index (κ2) is 8.97. The van der Waals surface area contributed by atoms with Gasteiger partial charge in [-0.15, -0.1) is 0 Å². The minimum absolute atomic E-state index is 0.148. The number of nitrogens with two attached hydrogens (primary N) is 1. The molecule has 9 nitrogen and oxygen atoms in total. The molecule has 0 aliphatic heterocycles. The second-order valence-electron chi connectivity index (χ2n) is 6.87. The van der Waals surface area contributed by atoms with Crippen molar-refractivity contribution in [3.05, 3.63) is 68.6 Å². The molecule has 0 saturated carbocycles. The highest BCUT2D eigenvalue weighted by molar-refractivity contribution is 6.34. The molecule has 10 heteroatoms. The van der Waals surface area contributed by atoms with E-state index in [1.165, 1.54) is 12.1 Å². The zero-order valence-corrected chi connectivity index (χ0v) is 17.5. The predicted molar refractivity (Wildman–Crippen MR) is 115 cm³/mol. The van der Waals surface area contributed by atoms with Crippen molar-refractivity contribution in [2.75, 3.05) is 11.9 Å². The summed E-state index contributed by atoms with van der Waals surface area (Å²) in [5, 5.41) is 7.30. The number of carbonyl (C=O) groups is 3. The van der Waals surface area contributed by atoms with Gasteiger partial charge in [0, 0.05) is 5.39 Å². The Labute approximate surface area is 181 Å². The van der Waals surface area contributed by atoms with Crippen LogP contribution in [0.1, 0.15) is 21.6 Å². The molecule has 31 heavy (non-hydrogen) atoms. The first kappa shape index (κ1) is 22.0. The van der Waals surface area contributed by atoms with Crippen molar-refractivity contribution in [1.82, 2.24) is 9.78 Å². The number of aryl methyl sites for hydroxylation is 2. The Morgan fingerprint density at radius 3 is 2.48 bits per heavy atom. The van der Waals surface area contributed by atoms with E-state index in [0.29, 0.717) is 10.7 Å². The number of halogens is 1. The quantitative estimate of drug-likeness (QED) is 0.560. The summed E-state index contributed by atoms with van der Waals surface area (Å²) in [6.45, 7) is 2.47. The number of hydrogen-bond donors (Lipinski definition) is 2. The van der Waals surface area contributed by atoms with Gasteiger partial charge in [-0.25, -0.2) is 4.68 Å². The number of nitrogens with one attached hydrogen (secondary N) is 1. The molecule has 0 aliphatic rings. The molecule has 3 aromatic rings. The third kappa shape index (κ3) is 4.89. The maximum Gasteiger partial charge on any atom is 0.328 e. The number of ether oxygens (including phenoxy) is 1. The van der Waals surface area contributed by atoms with E-state index >= 15 is 0 Å². The van der Waals surface area contributed by atoms with Gasteiger partial charge < -0.3 is 15.8 Å². The normalized spacial score (nSPS) is 10.7. The molecule has 0 aliphatic carbocycles.